The number of halogens is 1. The van der Waals surface area contributed by atoms with Crippen molar-refractivity contribution in [2.24, 2.45) is 0 Å². The summed E-state index contributed by atoms with van der Waals surface area (Å²) in [7, 11) is 0. The van der Waals surface area contributed by atoms with E-state index in [1.54, 1.807) is 12.4 Å². The Balaban J connectivity index is 1.38. The molecular weight excluding hydrogens is 436 g/mol. The number of pyridine rings is 1. The van der Waals surface area contributed by atoms with E-state index in [4.69, 9.17) is 16.1 Å². The first-order valence-corrected chi connectivity index (χ1v) is 11.7. The van der Waals surface area contributed by atoms with E-state index < -0.39 is 5.60 Å². The van der Waals surface area contributed by atoms with Crippen LogP contribution < -0.4 is 5.32 Å². The van der Waals surface area contributed by atoms with Gasteiger partial charge in [0.25, 0.3) is 0 Å². The first-order chi connectivity index (χ1) is 15.1. The van der Waals surface area contributed by atoms with Gasteiger partial charge in [-0.25, -0.2) is 9.97 Å². The molecule has 5 heterocycles. The van der Waals surface area contributed by atoms with E-state index in [9.17, 15) is 5.11 Å². The Morgan fingerprint density at radius 1 is 1.23 bits per heavy atom. The number of aromatic nitrogens is 5. The summed E-state index contributed by atoms with van der Waals surface area (Å²) in [5.74, 6) is 1.41. The van der Waals surface area contributed by atoms with Crippen LogP contribution in [0.4, 0.5) is 0 Å². The van der Waals surface area contributed by atoms with Gasteiger partial charge >= 0.3 is 0 Å². The fourth-order valence-corrected chi connectivity index (χ4v) is 5.77. The predicted octanol–water partition coefficient (Wildman–Crippen LogP) is 4.23. The second-order valence-electron chi connectivity index (χ2n) is 8.34. The van der Waals surface area contributed by atoms with Gasteiger partial charge in [-0.05, 0) is 44.7 Å². The highest BCUT2D eigenvalue weighted by Gasteiger charge is 2.39. The highest BCUT2D eigenvalue weighted by atomic mass is 35.5. The summed E-state index contributed by atoms with van der Waals surface area (Å²) < 4.78 is 5.55. The van der Waals surface area contributed by atoms with Crippen LogP contribution in [0.1, 0.15) is 48.9 Å². The van der Waals surface area contributed by atoms with Crippen molar-refractivity contribution in [2.75, 3.05) is 13.1 Å². The number of nitrogens with zero attached hydrogens (tertiary/aromatic N) is 4. The maximum atomic E-state index is 10.7. The lowest BCUT2D eigenvalue weighted by Crippen LogP contribution is -2.33. The van der Waals surface area contributed by atoms with Gasteiger partial charge in [0.05, 0.1) is 21.5 Å². The quantitative estimate of drug-likeness (QED) is 0.421. The van der Waals surface area contributed by atoms with Gasteiger partial charge in [-0.2, -0.15) is 4.98 Å². The van der Waals surface area contributed by atoms with Crippen LogP contribution in [0.25, 0.3) is 33.0 Å². The number of hydrogen-bond donors (Lipinski definition) is 3. The Morgan fingerprint density at radius 2 is 2.13 bits per heavy atom. The van der Waals surface area contributed by atoms with Gasteiger partial charge in [-0.3, -0.25) is 0 Å². The molecule has 0 bridgehead atoms. The van der Waals surface area contributed by atoms with Crippen molar-refractivity contribution in [3.05, 3.63) is 34.4 Å². The van der Waals surface area contributed by atoms with E-state index in [0.717, 1.165) is 71.7 Å². The molecule has 1 atom stereocenters. The van der Waals surface area contributed by atoms with Crippen LogP contribution in [-0.4, -0.2) is 43.3 Å². The van der Waals surface area contributed by atoms with Crippen LogP contribution in [-0.2, 0) is 5.60 Å². The van der Waals surface area contributed by atoms with E-state index in [1.165, 1.54) is 11.3 Å². The number of thiazole rings is 1. The Hall–Kier alpha value is -2.33. The van der Waals surface area contributed by atoms with Gasteiger partial charge in [0, 0.05) is 29.9 Å². The molecule has 1 aliphatic carbocycles. The van der Waals surface area contributed by atoms with Crippen molar-refractivity contribution < 1.29 is 9.63 Å². The van der Waals surface area contributed by atoms with E-state index >= 15 is 0 Å². The minimum atomic E-state index is -0.792. The van der Waals surface area contributed by atoms with E-state index in [0.29, 0.717) is 22.4 Å². The average Bonchev–Trinajstić information content (AvgIpc) is 3.51. The van der Waals surface area contributed by atoms with Crippen LogP contribution >= 0.6 is 22.9 Å². The van der Waals surface area contributed by atoms with Gasteiger partial charge in [0.15, 0.2) is 0 Å². The number of H-pyrrole nitrogens is 1. The molecule has 2 fully saturated rings. The molecule has 4 aromatic rings. The van der Waals surface area contributed by atoms with Crippen LogP contribution in [0.3, 0.4) is 0 Å². The highest BCUT2D eigenvalue weighted by molar-refractivity contribution is 7.15. The molecule has 2 aliphatic rings. The molecule has 1 saturated carbocycles. The molecule has 0 spiro atoms. The van der Waals surface area contributed by atoms with E-state index in [-0.39, 0.29) is 5.92 Å². The summed E-state index contributed by atoms with van der Waals surface area (Å²) in [5.41, 5.74) is 1.48. The maximum absolute atomic E-state index is 10.7. The third-order valence-electron chi connectivity index (χ3n) is 6.27. The molecular formula is C21H21ClN6O2S. The fourth-order valence-electron chi connectivity index (χ4n) is 4.32. The van der Waals surface area contributed by atoms with Crippen molar-refractivity contribution in [1.29, 1.82) is 0 Å². The predicted molar refractivity (Wildman–Crippen MR) is 118 cm³/mol. The molecule has 6 rings (SSSR count). The minimum Gasteiger partial charge on any atom is -0.383 e. The van der Waals surface area contributed by atoms with Gasteiger partial charge in [-0.1, -0.05) is 16.8 Å². The number of aromatic amines is 1. The Kier molecular flexibility index (Phi) is 4.60. The SMILES string of the molecule is OC1(c2ncc(-c3c(Cl)cnc4[nH]c(-c5noc(C6CCCNC6)n5)cc34)s2)CCC1. The van der Waals surface area contributed by atoms with Gasteiger partial charge in [0.2, 0.25) is 11.7 Å². The smallest absolute Gasteiger partial charge is 0.231 e. The number of fused-ring (bicyclic) bond motifs is 1. The van der Waals surface area contributed by atoms with Gasteiger partial charge in [-0.15, -0.1) is 11.3 Å². The number of aliphatic hydroxyl groups is 1. The number of piperidine rings is 1. The molecule has 8 nitrogen and oxygen atoms in total. The second kappa shape index (κ2) is 7.37. The van der Waals surface area contributed by atoms with Crippen molar-refractivity contribution in [3.8, 4) is 22.0 Å². The first-order valence-electron chi connectivity index (χ1n) is 10.5. The lowest BCUT2D eigenvalue weighted by molar-refractivity contribution is -0.0389. The standard InChI is InChI=1S/C21H21ClN6O2S/c22-13-9-24-17-12(16(13)15-10-25-20(31-15)21(29)4-2-5-21)7-14(26-17)18-27-19(30-28-18)11-3-1-6-23-8-11/h7,9-11,23,29H,1-6,8H2,(H,24,26). The Labute approximate surface area is 187 Å². The summed E-state index contributed by atoms with van der Waals surface area (Å²) >= 11 is 8.04. The summed E-state index contributed by atoms with van der Waals surface area (Å²) in [4.78, 5) is 17.8. The summed E-state index contributed by atoms with van der Waals surface area (Å²) in [6.45, 7) is 1.89. The summed E-state index contributed by atoms with van der Waals surface area (Å²) in [6, 6.07) is 1.95. The lowest BCUT2D eigenvalue weighted by atomic mass is 9.81. The number of nitrogens with one attached hydrogen (secondary N) is 2. The Bertz CT molecular complexity index is 1250. The average molecular weight is 457 g/mol. The second-order valence-corrected chi connectivity index (χ2v) is 9.78. The zero-order valence-corrected chi connectivity index (χ0v) is 18.3. The zero-order chi connectivity index (χ0) is 21.0. The molecule has 10 heteroatoms. The van der Waals surface area contributed by atoms with Crippen molar-refractivity contribution >= 4 is 34.0 Å². The normalized spacial score (nSPS) is 20.8. The largest absolute Gasteiger partial charge is 0.383 e. The van der Waals surface area contributed by atoms with Gasteiger partial charge < -0.3 is 19.9 Å². The summed E-state index contributed by atoms with van der Waals surface area (Å²) in [6.07, 6.45) is 8.10. The van der Waals surface area contributed by atoms with E-state index in [1.807, 2.05) is 6.07 Å². The third-order valence-corrected chi connectivity index (χ3v) is 7.77. The maximum Gasteiger partial charge on any atom is 0.231 e. The van der Waals surface area contributed by atoms with Crippen LogP contribution in [0, 0.1) is 0 Å². The van der Waals surface area contributed by atoms with Gasteiger partial charge in [0.1, 0.15) is 16.3 Å². The number of rotatable bonds is 4. The Morgan fingerprint density at radius 3 is 2.90 bits per heavy atom. The highest BCUT2D eigenvalue weighted by Crippen LogP contribution is 2.46. The molecule has 4 aromatic heterocycles. The molecule has 3 N–H and O–H groups in total. The van der Waals surface area contributed by atoms with Crippen LogP contribution in [0.2, 0.25) is 5.02 Å². The first kappa shape index (κ1) is 19.4. The number of hydrogen-bond acceptors (Lipinski definition) is 8. The lowest BCUT2D eigenvalue weighted by Gasteiger charge is -2.34. The van der Waals surface area contributed by atoms with E-state index in [2.05, 4.69) is 30.4 Å². The molecule has 1 saturated heterocycles. The van der Waals surface area contributed by atoms with Crippen molar-refractivity contribution in [2.45, 2.75) is 43.6 Å². The molecule has 0 aromatic carbocycles. The van der Waals surface area contributed by atoms with Crippen LogP contribution in [0.15, 0.2) is 23.0 Å². The third kappa shape index (κ3) is 3.27. The summed E-state index contributed by atoms with van der Waals surface area (Å²) in [5, 5.41) is 20.4. The molecule has 0 amide bonds. The molecule has 1 unspecified atom stereocenters. The van der Waals surface area contributed by atoms with Crippen molar-refractivity contribution in [3.63, 3.8) is 0 Å². The van der Waals surface area contributed by atoms with Crippen molar-refractivity contribution in [1.82, 2.24) is 30.4 Å². The molecule has 0 radical (unpaired) electrons. The minimum absolute atomic E-state index is 0.246. The monoisotopic (exact) mass is 456 g/mol. The molecule has 160 valence electrons. The fraction of sp³-hybridized carbons (Fsp3) is 0.429. The zero-order valence-electron chi connectivity index (χ0n) is 16.7. The topological polar surface area (TPSA) is 113 Å². The molecule has 1 aliphatic heterocycles. The van der Waals surface area contributed by atoms with Crippen LogP contribution in [0.5, 0.6) is 0 Å². The molecule has 31 heavy (non-hydrogen) atoms.